The van der Waals surface area contributed by atoms with Gasteiger partial charge in [0.15, 0.2) is 5.82 Å². The van der Waals surface area contributed by atoms with Gasteiger partial charge in [0, 0.05) is 31.2 Å². The highest BCUT2D eigenvalue weighted by molar-refractivity contribution is 5.82. The third kappa shape index (κ3) is 3.31. The minimum absolute atomic E-state index is 0.0219. The van der Waals surface area contributed by atoms with E-state index in [1.807, 2.05) is 20.8 Å². The van der Waals surface area contributed by atoms with Gasteiger partial charge in [0.25, 0.3) is 5.56 Å². The summed E-state index contributed by atoms with van der Waals surface area (Å²) in [6.07, 6.45) is 0.805. The first-order valence-electron chi connectivity index (χ1n) is 8.91. The molecule has 1 amide bonds. The second kappa shape index (κ2) is 6.15. The molecule has 1 aliphatic rings. The molecule has 0 spiro atoms. The second-order valence-electron chi connectivity index (χ2n) is 9.05. The van der Waals surface area contributed by atoms with Gasteiger partial charge in [-0.25, -0.2) is 4.98 Å². The number of anilines is 1. The maximum absolute atomic E-state index is 13.3. The fourth-order valence-corrected chi connectivity index (χ4v) is 4.50. The standard InChI is InChI=1S/C19H32N4O2/c1-11(2)20-16(24)14-19(6,7)10-18(4,5)13-12(3)21-15(22(8)9)17(25)23(13)14/h11,14H,10H2,1-9H3,(H,20,24)/t14-/m1/s1. The quantitative estimate of drug-likeness (QED) is 0.911. The molecule has 1 aromatic rings. The van der Waals surface area contributed by atoms with E-state index in [4.69, 9.17) is 0 Å². The van der Waals surface area contributed by atoms with Gasteiger partial charge in [0.05, 0.1) is 5.69 Å². The average Bonchev–Trinajstić information content (AvgIpc) is 2.38. The van der Waals surface area contributed by atoms with E-state index in [1.54, 1.807) is 23.6 Å². The van der Waals surface area contributed by atoms with Crippen molar-refractivity contribution in [1.82, 2.24) is 14.9 Å². The van der Waals surface area contributed by atoms with E-state index in [2.05, 4.69) is 38.0 Å². The maximum atomic E-state index is 13.3. The van der Waals surface area contributed by atoms with Crippen LogP contribution in [0.1, 0.15) is 65.4 Å². The summed E-state index contributed by atoms with van der Waals surface area (Å²) < 4.78 is 1.71. The second-order valence-corrected chi connectivity index (χ2v) is 9.05. The van der Waals surface area contributed by atoms with Gasteiger partial charge >= 0.3 is 0 Å². The summed E-state index contributed by atoms with van der Waals surface area (Å²) in [4.78, 5) is 32.6. The average molecular weight is 348 g/mol. The number of rotatable bonds is 3. The van der Waals surface area contributed by atoms with Crippen LogP contribution in [0.2, 0.25) is 0 Å². The third-order valence-electron chi connectivity index (χ3n) is 4.91. The van der Waals surface area contributed by atoms with E-state index >= 15 is 0 Å². The van der Waals surface area contributed by atoms with Crippen LogP contribution in [-0.2, 0) is 10.2 Å². The van der Waals surface area contributed by atoms with Gasteiger partial charge in [0.2, 0.25) is 5.91 Å². The molecule has 0 bridgehead atoms. The first kappa shape index (κ1) is 19.5. The molecule has 1 atom stereocenters. The molecule has 1 aliphatic heterocycles. The highest BCUT2D eigenvalue weighted by atomic mass is 16.2. The molecular formula is C19H32N4O2. The normalized spacial score (nSPS) is 21.0. The smallest absolute Gasteiger partial charge is 0.294 e. The molecule has 0 saturated heterocycles. The van der Waals surface area contributed by atoms with E-state index in [0.717, 1.165) is 17.8 Å². The van der Waals surface area contributed by atoms with Gasteiger partial charge in [0.1, 0.15) is 6.04 Å². The van der Waals surface area contributed by atoms with Crippen LogP contribution in [0, 0.1) is 12.3 Å². The fraction of sp³-hybridized carbons (Fsp3) is 0.737. The minimum atomic E-state index is -0.550. The molecule has 1 N–H and O–H groups in total. The van der Waals surface area contributed by atoms with Crippen LogP contribution in [-0.4, -0.2) is 35.6 Å². The molecule has 140 valence electrons. The number of nitrogens with one attached hydrogen (secondary N) is 1. The molecule has 2 heterocycles. The SMILES string of the molecule is Cc1nc(N(C)C)c(=O)n2c1C(C)(C)CC(C)(C)[C@H]2C(=O)NC(C)C. The molecule has 6 heteroatoms. The van der Waals surface area contributed by atoms with Gasteiger partial charge in [-0.3, -0.25) is 14.2 Å². The monoisotopic (exact) mass is 348 g/mol. The molecule has 1 aromatic heterocycles. The van der Waals surface area contributed by atoms with E-state index < -0.39 is 6.04 Å². The van der Waals surface area contributed by atoms with Gasteiger partial charge in [-0.1, -0.05) is 27.7 Å². The largest absolute Gasteiger partial charge is 0.358 e. The number of aromatic nitrogens is 2. The zero-order valence-electron chi connectivity index (χ0n) is 17.0. The summed E-state index contributed by atoms with van der Waals surface area (Å²) in [5.41, 5.74) is 0.892. The first-order chi connectivity index (χ1) is 11.3. The number of carbonyl (C=O) groups excluding carboxylic acids is 1. The molecular weight excluding hydrogens is 316 g/mol. The van der Waals surface area contributed by atoms with Crippen molar-refractivity contribution in [2.24, 2.45) is 5.41 Å². The number of fused-ring (bicyclic) bond motifs is 1. The predicted molar refractivity (Wildman–Crippen MR) is 101 cm³/mol. The lowest BCUT2D eigenvalue weighted by molar-refractivity contribution is -0.129. The van der Waals surface area contributed by atoms with Gasteiger partial charge in [-0.15, -0.1) is 0 Å². The van der Waals surface area contributed by atoms with Gasteiger partial charge in [-0.05, 0) is 32.6 Å². The van der Waals surface area contributed by atoms with Crippen molar-refractivity contribution >= 4 is 11.7 Å². The zero-order chi connectivity index (χ0) is 19.3. The number of hydrogen-bond donors (Lipinski definition) is 1. The van der Waals surface area contributed by atoms with Crippen molar-refractivity contribution in [1.29, 1.82) is 0 Å². The minimum Gasteiger partial charge on any atom is -0.358 e. The molecule has 0 saturated carbocycles. The Labute approximate surface area is 150 Å². The highest BCUT2D eigenvalue weighted by Gasteiger charge is 2.49. The Balaban J connectivity index is 2.84. The van der Waals surface area contributed by atoms with Crippen molar-refractivity contribution in [3.63, 3.8) is 0 Å². The topological polar surface area (TPSA) is 67.2 Å². The lowest BCUT2D eigenvalue weighted by Crippen LogP contribution is -2.54. The van der Waals surface area contributed by atoms with Crippen molar-refractivity contribution in [3.8, 4) is 0 Å². The molecule has 0 aromatic carbocycles. The Kier molecular flexibility index (Phi) is 4.79. The Morgan fingerprint density at radius 1 is 1.28 bits per heavy atom. The Morgan fingerprint density at radius 2 is 1.84 bits per heavy atom. The maximum Gasteiger partial charge on any atom is 0.294 e. The van der Waals surface area contributed by atoms with Crippen LogP contribution < -0.4 is 15.8 Å². The molecule has 0 aliphatic carbocycles. The Morgan fingerprint density at radius 3 is 2.32 bits per heavy atom. The lowest BCUT2D eigenvalue weighted by Gasteiger charge is -2.48. The number of nitrogens with zero attached hydrogens (tertiary/aromatic N) is 3. The summed E-state index contributed by atoms with van der Waals surface area (Å²) in [5.74, 6) is 0.270. The summed E-state index contributed by atoms with van der Waals surface area (Å²) in [6, 6.07) is -0.528. The Bertz CT molecular complexity index is 745. The van der Waals surface area contributed by atoms with Gasteiger partial charge in [-0.2, -0.15) is 0 Å². The number of carbonyl (C=O) groups is 1. The third-order valence-corrected chi connectivity index (χ3v) is 4.91. The summed E-state index contributed by atoms with van der Waals surface area (Å²) >= 11 is 0. The molecule has 6 nitrogen and oxygen atoms in total. The number of aryl methyl sites for hydroxylation is 1. The molecule has 2 rings (SSSR count). The number of amides is 1. The van der Waals surface area contributed by atoms with Crippen molar-refractivity contribution < 1.29 is 4.79 Å². The van der Waals surface area contributed by atoms with E-state index in [-0.39, 0.29) is 28.3 Å². The Hall–Kier alpha value is -1.85. The van der Waals surface area contributed by atoms with E-state index in [1.165, 1.54) is 0 Å². The molecule has 0 radical (unpaired) electrons. The van der Waals surface area contributed by atoms with E-state index in [9.17, 15) is 9.59 Å². The van der Waals surface area contributed by atoms with Gasteiger partial charge < -0.3 is 10.2 Å². The zero-order valence-corrected chi connectivity index (χ0v) is 17.0. The van der Waals surface area contributed by atoms with E-state index in [0.29, 0.717) is 5.82 Å². The van der Waals surface area contributed by atoms with Crippen molar-refractivity contribution in [3.05, 3.63) is 21.7 Å². The van der Waals surface area contributed by atoms with Crippen LogP contribution >= 0.6 is 0 Å². The fourth-order valence-electron chi connectivity index (χ4n) is 4.50. The van der Waals surface area contributed by atoms with Crippen LogP contribution in [0.3, 0.4) is 0 Å². The predicted octanol–water partition coefficient (Wildman–Crippen LogP) is 2.39. The lowest BCUT2D eigenvalue weighted by atomic mass is 9.65. The first-order valence-corrected chi connectivity index (χ1v) is 8.91. The van der Waals surface area contributed by atoms with Crippen LogP contribution in [0.4, 0.5) is 5.82 Å². The summed E-state index contributed by atoms with van der Waals surface area (Å²) in [5, 5.41) is 3.00. The molecule has 25 heavy (non-hydrogen) atoms. The van der Waals surface area contributed by atoms with Crippen LogP contribution in [0.15, 0.2) is 4.79 Å². The van der Waals surface area contributed by atoms with Crippen molar-refractivity contribution in [2.45, 2.75) is 72.4 Å². The highest BCUT2D eigenvalue weighted by Crippen LogP contribution is 2.49. The van der Waals surface area contributed by atoms with Crippen LogP contribution in [0.5, 0.6) is 0 Å². The number of hydrogen-bond acceptors (Lipinski definition) is 4. The summed E-state index contributed by atoms with van der Waals surface area (Å²) in [6.45, 7) is 14.2. The van der Waals surface area contributed by atoms with Crippen LogP contribution in [0.25, 0.3) is 0 Å². The van der Waals surface area contributed by atoms with Crippen molar-refractivity contribution in [2.75, 3.05) is 19.0 Å². The summed E-state index contributed by atoms with van der Waals surface area (Å²) in [7, 11) is 3.61. The molecule has 0 unspecified atom stereocenters. The molecule has 0 fully saturated rings.